The van der Waals surface area contributed by atoms with E-state index in [0.29, 0.717) is 17.1 Å². The Labute approximate surface area is 162 Å². The maximum absolute atomic E-state index is 12.3. The first-order valence-electron chi connectivity index (χ1n) is 8.48. The van der Waals surface area contributed by atoms with Gasteiger partial charge in [0.2, 0.25) is 21.8 Å². The van der Waals surface area contributed by atoms with Gasteiger partial charge in [-0.1, -0.05) is 30.3 Å². The smallest absolute Gasteiger partial charge is 0.248 e. The number of hydrogen-bond donors (Lipinski definition) is 2. The van der Waals surface area contributed by atoms with Gasteiger partial charge in [-0.3, -0.25) is 4.79 Å². The summed E-state index contributed by atoms with van der Waals surface area (Å²) < 4.78 is 26.4. The van der Waals surface area contributed by atoms with Gasteiger partial charge in [-0.25, -0.2) is 13.1 Å². The van der Waals surface area contributed by atoms with Crippen LogP contribution in [0.2, 0.25) is 0 Å². The van der Waals surface area contributed by atoms with E-state index in [2.05, 4.69) is 25.4 Å². The van der Waals surface area contributed by atoms with Gasteiger partial charge in [-0.2, -0.15) is 4.80 Å². The van der Waals surface area contributed by atoms with Gasteiger partial charge in [0.05, 0.1) is 4.90 Å². The Kier molecular flexibility index (Phi) is 5.52. The molecule has 2 aromatic carbocycles. The molecular formula is C18H20N6O3S. The van der Waals surface area contributed by atoms with Crippen LogP contribution in [0.3, 0.4) is 0 Å². The molecule has 146 valence electrons. The lowest BCUT2D eigenvalue weighted by atomic mass is 10.1. The van der Waals surface area contributed by atoms with Crippen LogP contribution < -0.4 is 10.0 Å². The lowest BCUT2D eigenvalue weighted by Gasteiger charge is -2.10. The molecule has 1 amide bonds. The lowest BCUT2D eigenvalue weighted by Crippen LogP contribution is -2.22. The highest BCUT2D eigenvalue weighted by atomic mass is 32.2. The van der Waals surface area contributed by atoms with Gasteiger partial charge in [-0.15, -0.1) is 10.2 Å². The van der Waals surface area contributed by atoms with Crippen molar-refractivity contribution in [3.8, 4) is 11.4 Å². The van der Waals surface area contributed by atoms with E-state index >= 15 is 0 Å². The van der Waals surface area contributed by atoms with E-state index in [1.54, 1.807) is 19.1 Å². The number of nitrogens with one attached hydrogen (secondary N) is 2. The molecule has 1 heterocycles. The number of carbonyl (C=O) groups is 1. The van der Waals surface area contributed by atoms with Gasteiger partial charge in [0.25, 0.3) is 0 Å². The number of amides is 1. The summed E-state index contributed by atoms with van der Waals surface area (Å²) in [4.78, 5) is 13.6. The fourth-order valence-corrected chi connectivity index (χ4v) is 3.64. The first-order chi connectivity index (χ1) is 13.3. The molecule has 0 aliphatic rings. The zero-order chi connectivity index (χ0) is 20.3. The van der Waals surface area contributed by atoms with Crippen molar-refractivity contribution in [2.24, 2.45) is 0 Å². The molecule has 0 saturated heterocycles. The molecule has 28 heavy (non-hydrogen) atoms. The predicted molar refractivity (Wildman–Crippen MR) is 104 cm³/mol. The maximum Gasteiger partial charge on any atom is 0.248 e. The number of sulfonamides is 1. The summed E-state index contributed by atoms with van der Waals surface area (Å²) in [6.45, 7) is 3.47. The number of nitrogens with zero attached hydrogens (tertiary/aromatic N) is 4. The first kappa shape index (κ1) is 19.6. The van der Waals surface area contributed by atoms with Crippen LogP contribution in [0, 0.1) is 13.8 Å². The number of rotatable bonds is 6. The number of anilines is 1. The highest BCUT2D eigenvalue weighted by Crippen LogP contribution is 2.20. The molecule has 9 nitrogen and oxygen atoms in total. The molecule has 0 aliphatic carbocycles. The van der Waals surface area contributed by atoms with Gasteiger partial charge in [0.1, 0.15) is 6.54 Å². The van der Waals surface area contributed by atoms with Crippen LogP contribution in [0.15, 0.2) is 47.4 Å². The van der Waals surface area contributed by atoms with Gasteiger partial charge in [-0.05, 0) is 49.4 Å². The second-order valence-electron chi connectivity index (χ2n) is 6.19. The van der Waals surface area contributed by atoms with Crippen LogP contribution in [-0.2, 0) is 21.4 Å². The van der Waals surface area contributed by atoms with Crippen molar-refractivity contribution >= 4 is 21.6 Å². The van der Waals surface area contributed by atoms with E-state index in [-0.39, 0.29) is 11.4 Å². The first-order valence-corrected chi connectivity index (χ1v) is 9.96. The van der Waals surface area contributed by atoms with Crippen molar-refractivity contribution in [1.29, 1.82) is 0 Å². The quantitative estimate of drug-likeness (QED) is 0.647. The minimum atomic E-state index is -3.62. The molecule has 0 fully saturated rings. The minimum Gasteiger partial charge on any atom is -0.324 e. The topological polar surface area (TPSA) is 119 Å². The third kappa shape index (κ3) is 4.24. The second-order valence-corrected chi connectivity index (χ2v) is 8.05. The molecule has 2 N–H and O–H groups in total. The molecule has 0 atom stereocenters. The summed E-state index contributed by atoms with van der Waals surface area (Å²) in [6.07, 6.45) is 0. The zero-order valence-electron chi connectivity index (χ0n) is 15.7. The van der Waals surface area contributed by atoms with Crippen molar-refractivity contribution in [3.05, 3.63) is 53.6 Å². The van der Waals surface area contributed by atoms with Crippen LogP contribution in [0.5, 0.6) is 0 Å². The van der Waals surface area contributed by atoms with Crippen molar-refractivity contribution in [2.45, 2.75) is 25.3 Å². The Hall–Kier alpha value is -3.11. The number of tetrazole rings is 1. The Balaban J connectivity index is 1.74. The highest BCUT2D eigenvalue weighted by molar-refractivity contribution is 7.89. The Morgan fingerprint density at radius 1 is 1.11 bits per heavy atom. The van der Waals surface area contributed by atoms with E-state index in [0.717, 1.165) is 11.1 Å². The molecule has 0 radical (unpaired) electrons. The summed E-state index contributed by atoms with van der Waals surface area (Å²) in [7, 11) is -2.28. The summed E-state index contributed by atoms with van der Waals surface area (Å²) in [5.74, 6) is 0.0361. The van der Waals surface area contributed by atoms with Crippen molar-refractivity contribution in [1.82, 2.24) is 24.9 Å². The molecular weight excluding hydrogens is 380 g/mol. The SMILES string of the molecule is CNS(=O)(=O)c1cc(NC(=O)Cn2nnc(-c3ccccc3C)n2)ccc1C. The Morgan fingerprint density at radius 2 is 1.86 bits per heavy atom. The second kappa shape index (κ2) is 7.87. The molecule has 10 heteroatoms. The fourth-order valence-electron chi connectivity index (χ4n) is 2.65. The summed E-state index contributed by atoms with van der Waals surface area (Å²) in [5.41, 5.74) is 2.79. The fraction of sp³-hybridized carbons (Fsp3) is 0.222. The van der Waals surface area contributed by atoms with Crippen LogP contribution in [0.4, 0.5) is 5.69 Å². The summed E-state index contributed by atoms with van der Waals surface area (Å²) >= 11 is 0. The molecule has 3 rings (SSSR count). The summed E-state index contributed by atoms with van der Waals surface area (Å²) in [5, 5.41) is 14.8. The highest BCUT2D eigenvalue weighted by Gasteiger charge is 2.16. The van der Waals surface area contributed by atoms with E-state index < -0.39 is 15.9 Å². The van der Waals surface area contributed by atoms with Gasteiger partial charge < -0.3 is 5.32 Å². The lowest BCUT2D eigenvalue weighted by molar-refractivity contribution is -0.117. The number of benzene rings is 2. The van der Waals surface area contributed by atoms with Gasteiger partial charge >= 0.3 is 0 Å². The van der Waals surface area contributed by atoms with Gasteiger partial charge in [0, 0.05) is 11.3 Å². The standard InChI is InChI=1S/C18H20N6O3S/c1-12-6-4-5-7-15(12)18-21-23-24(22-18)11-17(25)20-14-9-8-13(2)16(10-14)28(26,27)19-3/h4-10,19H,11H2,1-3H3,(H,20,25). The van der Waals surface area contributed by atoms with E-state index in [1.165, 1.54) is 17.9 Å². The predicted octanol–water partition coefficient (Wildman–Crippen LogP) is 1.50. The van der Waals surface area contributed by atoms with Crippen molar-refractivity contribution < 1.29 is 13.2 Å². The van der Waals surface area contributed by atoms with E-state index in [4.69, 9.17) is 0 Å². The molecule has 0 unspecified atom stereocenters. The minimum absolute atomic E-state index is 0.105. The number of aromatic nitrogens is 4. The Bertz CT molecular complexity index is 1120. The largest absolute Gasteiger partial charge is 0.324 e. The average Bonchev–Trinajstić information content (AvgIpc) is 3.11. The van der Waals surface area contributed by atoms with Crippen molar-refractivity contribution in [3.63, 3.8) is 0 Å². The molecule has 0 aliphatic heterocycles. The maximum atomic E-state index is 12.3. The van der Waals surface area contributed by atoms with Gasteiger partial charge in [0.15, 0.2) is 0 Å². The van der Waals surface area contributed by atoms with Crippen LogP contribution in [-0.4, -0.2) is 41.6 Å². The van der Waals surface area contributed by atoms with Crippen LogP contribution >= 0.6 is 0 Å². The average molecular weight is 400 g/mol. The summed E-state index contributed by atoms with van der Waals surface area (Å²) in [6, 6.07) is 12.3. The number of hydrogen-bond acceptors (Lipinski definition) is 6. The normalized spacial score (nSPS) is 11.4. The third-order valence-electron chi connectivity index (χ3n) is 4.15. The third-order valence-corrected chi connectivity index (χ3v) is 5.71. The Morgan fingerprint density at radius 3 is 2.57 bits per heavy atom. The van der Waals surface area contributed by atoms with E-state index in [9.17, 15) is 13.2 Å². The molecule has 0 spiro atoms. The molecule has 0 bridgehead atoms. The van der Waals surface area contributed by atoms with Crippen LogP contribution in [0.25, 0.3) is 11.4 Å². The molecule has 3 aromatic rings. The molecule has 0 saturated carbocycles. The molecule has 1 aromatic heterocycles. The number of carbonyl (C=O) groups excluding carboxylic acids is 1. The van der Waals surface area contributed by atoms with Crippen LogP contribution in [0.1, 0.15) is 11.1 Å². The number of aryl methyl sites for hydroxylation is 2. The van der Waals surface area contributed by atoms with E-state index in [1.807, 2.05) is 31.2 Å². The zero-order valence-corrected chi connectivity index (χ0v) is 16.5. The monoisotopic (exact) mass is 400 g/mol. The van der Waals surface area contributed by atoms with Crippen molar-refractivity contribution in [2.75, 3.05) is 12.4 Å².